The van der Waals surface area contributed by atoms with Gasteiger partial charge in [-0.25, -0.2) is 13.1 Å². The highest BCUT2D eigenvalue weighted by Gasteiger charge is 2.25. The Hall–Kier alpha value is -1.83. The lowest BCUT2D eigenvalue weighted by molar-refractivity contribution is 0.0720. The smallest absolute Gasteiger partial charge is 0.255 e. The molecule has 2 aliphatic rings. The summed E-state index contributed by atoms with van der Waals surface area (Å²) >= 11 is 1.47. The molecule has 0 spiro atoms. The van der Waals surface area contributed by atoms with Crippen molar-refractivity contribution in [2.24, 2.45) is 0 Å². The monoisotopic (exact) mass is 472 g/mol. The average Bonchev–Trinajstić information content (AvgIpc) is 2.83. The first-order chi connectivity index (χ1) is 15.4. The Bertz CT molecular complexity index is 1090. The predicted molar refractivity (Wildman–Crippen MR) is 130 cm³/mol. The number of benzene rings is 2. The number of carbonyl (C=O) groups excluding carboxylic acids is 1. The molecule has 0 bridgehead atoms. The minimum absolute atomic E-state index is 0.0752. The molecule has 7 heteroatoms. The summed E-state index contributed by atoms with van der Waals surface area (Å²) in [7, 11) is -3.77. The summed E-state index contributed by atoms with van der Waals surface area (Å²) in [6.07, 6.45) is 9.61. The molecule has 1 unspecified atom stereocenters. The van der Waals surface area contributed by atoms with Crippen LogP contribution in [0.2, 0.25) is 0 Å². The zero-order chi connectivity index (χ0) is 22.7. The van der Waals surface area contributed by atoms with Gasteiger partial charge in [0.25, 0.3) is 5.91 Å². The summed E-state index contributed by atoms with van der Waals surface area (Å²) in [5.41, 5.74) is 4.16. The fourth-order valence-electron chi connectivity index (χ4n) is 4.68. The largest absolute Gasteiger partial charge is 0.339 e. The van der Waals surface area contributed by atoms with Crippen LogP contribution in [0.1, 0.15) is 72.1 Å². The fourth-order valence-corrected chi connectivity index (χ4v) is 6.51. The lowest BCUT2D eigenvalue weighted by Gasteiger charge is -2.27. The van der Waals surface area contributed by atoms with Gasteiger partial charge in [-0.3, -0.25) is 4.79 Å². The van der Waals surface area contributed by atoms with Crippen LogP contribution in [0.5, 0.6) is 0 Å². The standard InChI is InChI=1S/C25H32N2O3S2/c1-18(20-11-10-19-8-4-5-9-21(19)16-20)26-32(29,30)22-12-13-24(31-2)23(17-22)25(28)27-14-6-3-7-15-27/h10-13,16-18,26H,3-9,14-15H2,1-2H3. The topological polar surface area (TPSA) is 66.5 Å². The summed E-state index contributed by atoms with van der Waals surface area (Å²) in [5, 5.41) is 0. The Balaban J connectivity index is 1.57. The van der Waals surface area contributed by atoms with Crippen LogP contribution < -0.4 is 4.72 Å². The van der Waals surface area contributed by atoms with E-state index in [1.54, 1.807) is 18.2 Å². The number of rotatable bonds is 6. The predicted octanol–water partition coefficient (Wildman–Crippen LogP) is 4.95. The van der Waals surface area contributed by atoms with Crippen molar-refractivity contribution in [3.63, 3.8) is 0 Å². The van der Waals surface area contributed by atoms with Crippen LogP contribution in [0.3, 0.4) is 0 Å². The molecule has 1 amide bonds. The molecule has 172 valence electrons. The van der Waals surface area contributed by atoms with Crippen LogP contribution in [0.15, 0.2) is 46.2 Å². The van der Waals surface area contributed by atoms with Crippen LogP contribution in [-0.4, -0.2) is 38.6 Å². The van der Waals surface area contributed by atoms with Crippen LogP contribution >= 0.6 is 11.8 Å². The SMILES string of the molecule is CSc1ccc(S(=O)(=O)NC(C)c2ccc3c(c2)CCCC3)cc1C(=O)N1CCCCC1. The summed E-state index contributed by atoms with van der Waals surface area (Å²) < 4.78 is 29.2. The van der Waals surface area contributed by atoms with Gasteiger partial charge in [0.1, 0.15) is 0 Å². The molecule has 4 rings (SSSR count). The van der Waals surface area contributed by atoms with Crippen molar-refractivity contribution in [3.05, 3.63) is 58.7 Å². The van der Waals surface area contributed by atoms with Crippen molar-refractivity contribution in [3.8, 4) is 0 Å². The Kier molecular flexibility index (Phi) is 7.27. The molecular weight excluding hydrogens is 440 g/mol. The van der Waals surface area contributed by atoms with E-state index in [0.717, 1.165) is 55.7 Å². The molecule has 1 aliphatic carbocycles. The molecule has 2 aromatic rings. The molecule has 1 aliphatic heterocycles. The van der Waals surface area contributed by atoms with Gasteiger partial charge < -0.3 is 4.90 Å². The van der Waals surface area contributed by atoms with Crippen LogP contribution in [0.4, 0.5) is 0 Å². The summed E-state index contributed by atoms with van der Waals surface area (Å²) in [4.78, 5) is 15.9. The van der Waals surface area contributed by atoms with Crippen LogP contribution in [0, 0.1) is 0 Å². The second-order valence-corrected chi connectivity index (χ2v) is 11.4. The summed E-state index contributed by atoms with van der Waals surface area (Å²) in [5.74, 6) is -0.0752. The zero-order valence-corrected chi connectivity index (χ0v) is 20.5. The molecule has 2 aromatic carbocycles. The number of likely N-dealkylation sites (tertiary alicyclic amines) is 1. The molecule has 0 radical (unpaired) electrons. The minimum atomic E-state index is -3.77. The molecule has 1 N–H and O–H groups in total. The van der Waals surface area contributed by atoms with Gasteiger partial charge in [0.05, 0.1) is 10.5 Å². The van der Waals surface area contributed by atoms with E-state index in [4.69, 9.17) is 0 Å². The van der Waals surface area contributed by atoms with Crippen LogP contribution in [0.25, 0.3) is 0 Å². The van der Waals surface area contributed by atoms with Gasteiger partial charge in [0, 0.05) is 24.0 Å². The highest BCUT2D eigenvalue weighted by molar-refractivity contribution is 7.98. The van der Waals surface area contributed by atoms with Crippen LogP contribution in [-0.2, 0) is 22.9 Å². The molecule has 1 saturated heterocycles. The zero-order valence-electron chi connectivity index (χ0n) is 18.9. The number of sulfonamides is 1. The maximum atomic E-state index is 13.2. The maximum Gasteiger partial charge on any atom is 0.255 e. The molecule has 0 saturated carbocycles. The number of amides is 1. The number of hydrogen-bond donors (Lipinski definition) is 1. The molecule has 1 fully saturated rings. The molecule has 1 atom stereocenters. The molecule has 32 heavy (non-hydrogen) atoms. The van der Waals surface area contributed by atoms with Gasteiger partial charge in [-0.1, -0.05) is 18.2 Å². The highest BCUT2D eigenvalue weighted by atomic mass is 32.2. The quantitative estimate of drug-likeness (QED) is 0.604. The van der Waals surface area contributed by atoms with Gasteiger partial charge in [-0.05, 0) is 93.0 Å². The highest BCUT2D eigenvalue weighted by Crippen LogP contribution is 2.28. The van der Waals surface area contributed by atoms with E-state index in [1.165, 1.54) is 35.7 Å². The first-order valence-corrected chi connectivity index (χ1v) is 14.2. The van der Waals surface area contributed by atoms with Crippen molar-refractivity contribution in [2.45, 2.75) is 67.7 Å². The van der Waals surface area contributed by atoms with E-state index >= 15 is 0 Å². The molecule has 5 nitrogen and oxygen atoms in total. The molecular formula is C25H32N2O3S2. The molecule has 0 aromatic heterocycles. The number of fused-ring (bicyclic) bond motifs is 1. The third-order valence-corrected chi connectivity index (χ3v) is 8.89. The second kappa shape index (κ2) is 9.98. The normalized spacial score (nSPS) is 17.6. The maximum absolute atomic E-state index is 13.2. The third-order valence-electron chi connectivity index (χ3n) is 6.56. The number of aryl methyl sites for hydroxylation is 2. The van der Waals surface area contributed by atoms with E-state index < -0.39 is 10.0 Å². The summed E-state index contributed by atoms with van der Waals surface area (Å²) in [6, 6.07) is 10.8. The van der Waals surface area contributed by atoms with Gasteiger partial charge in [0.2, 0.25) is 10.0 Å². The van der Waals surface area contributed by atoms with E-state index in [1.807, 2.05) is 24.1 Å². The molecule has 1 heterocycles. The van der Waals surface area contributed by atoms with Crippen molar-refractivity contribution in [1.82, 2.24) is 9.62 Å². The van der Waals surface area contributed by atoms with Crippen molar-refractivity contribution in [2.75, 3.05) is 19.3 Å². The third kappa shape index (κ3) is 5.05. The first kappa shape index (κ1) is 23.3. The second-order valence-electron chi connectivity index (χ2n) is 8.79. The van der Waals surface area contributed by atoms with Crippen molar-refractivity contribution in [1.29, 1.82) is 0 Å². The van der Waals surface area contributed by atoms with E-state index in [-0.39, 0.29) is 16.8 Å². The van der Waals surface area contributed by atoms with Gasteiger partial charge in [-0.15, -0.1) is 11.8 Å². The number of nitrogens with one attached hydrogen (secondary N) is 1. The lowest BCUT2D eigenvalue weighted by Crippen LogP contribution is -2.36. The number of hydrogen-bond acceptors (Lipinski definition) is 4. The number of nitrogens with zero attached hydrogens (tertiary/aromatic N) is 1. The summed E-state index contributed by atoms with van der Waals surface area (Å²) in [6.45, 7) is 3.34. The number of piperidine rings is 1. The van der Waals surface area contributed by atoms with Crippen molar-refractivity contribution >= 4 is 27.7 Å². The van der Waals surface area contributed by atoms with Crippen molar-refractivity contribution < 1.29 is 13.2 Å². The minimum Gasteiger partial charge on any atom is -0.339 e. The Morgan fingerprint density at radius 2 is 1.69 bits per heavy atom. The van der Waals surface area contributed by atoms with E-state index in [2.05, 4.69) is 16.9 Å². The van der Waals surface area contributed by atoms with Gasteiger partial charge >= 0.3 is 0 Å². The van der Waals surface area contributed by atoms with E-state index in [9.17, 15) is 13.2 Å². The lowest BCUT2D eigenvalue weighted by atomic mass is 9.89. The average molecular weight is 473 g/mol. The first-order valence-electron chi connectivity index (χ1n) is 11.5. The Morgan fingerprint density at radius 3 is 2.41 bits per heavy atom. The number of carbonyl (C=O) groups is 1. The van der Waals surface area contributed by atoms with Gasteiger partial charge in [0.15, 0.2) is 0 Å². The van der Waals surface area contributed by atoms with E-state index in [0.29, 0.717) is 5.56 Å². The Labute approximate surface area is 196 Å². The van der Waals surface area contributed by atoms with Gasteiger partial charge in [-0.2, -0.15) is 0 Å². The number of thioether (sulfide) groups is 1. The Morgan fingerprint density at radius 1 is 0.969 bits per heavy atom. The fraction of sp³-hybridized carbons (Fsp3) is 0.480.